The van der Waals surface area contributed by atoms with Gasteiger partial charge in [0.2, 0.25) is 0 Å². The zero-order valence-corrected chi connectivity index (χ0v) is 15.4. The van der Waals surface area contributed by atoms with Gasteiger partial charge in [0.05, 0.1) is 23.6 Å². The molecular formula is C19H17ClFNO2S. The minimum atomic E-state index is -0.440. The number of aromatic amines is 1. The lowest BCUT2D eigenvalue weighted by Gasteiger charge is -2.06. The van der Waals surface area contributed by atoms with Crippen molar-refractivity contribution in [1.82, 2.24) is 4.98 Å². The van der Waals surface area contributed by atoms with Crippen LogP contribution in [0, 0.1) is 12.7 Å². The quantitative estimate of drug-likeness (QED) is 0.595. The normalized spacial score (nSPS) is 11.0. The topological polar surface area (TPSA) is 42.1 Å². The van der Waals surface area contributed by atoms with Crippen LogP contribution in [-0.2, 0) is 16.0 Å². The van der Waals surface area contributed by atoms with Crippen LogP contribution in [0.3, 0.4) is 0 Å². The SMILES string of the molecule is CCOC(=O)Cc1cccc(Sc2c(C)[nH]c3c(F)c(Cl)ccc23)c1. The van der Waals surface area contributed by atoms with Gasteiger partial charge in [-0.2, -0.15) is 0 Å². The average molecular weight is 378 g/mol. The molecule has 130 valence electrons. The molecule has 2 aromatic carbocycles. The number of ether oxygens (including phenoxy) is 1. The van der Waals surface area contributed by atoms with Crippen LogP contribution >= 0.6 is 23.4 Å². The fourth-order valence-electron chi connectivity index (χ4n) is 2.66. The summed E-state index contributed by atoms with van der Waals surface area (Å²) in [5, 5.41) is 0.891. The summed E-state index contributed by atoms with van der Waals surface area (Å²) in [5.74, 6) is -0.685. The maximum atomic E-state index is 14.2. The molecule has 0 aliphatic carbocycles. The van der Waals surface area contributed by atoms with Gasteiger partial charge in [0.1, 0.15) is 0 Å². The zero-order valence-electron chi connectivity index (χ0n) is 13.9. The van der Waals surface area contributed by atoms with Gasteiger partial charge in [-0.15, -0.1) is 0 Å². The first kappa shape index (κ1) is 17.8. The Morgan fingerprint density at radius 1 is 1.32 bits per heavy atom. The van der Waals surface area contributed by atoms with Crippen molar-refractivity contribution in [2.24, 2.45) is 0 Å². The molecule has 0 atom stereocenters. The van der Waals surface area contributed by atoms with Gasteiger partial charge in [-0.05, 0) is 43.7 Å². The number of hydrogen-bond acceptors (Lipinski definition) is 3. The number of rotatable bonds is 5. The molecule has 1 aromatic heterocycles. The van der Waals surface area contributed by atoms with E-state index in [1.807, 2.05) is 37.3 Å². The highest BCUT2D eigenvalue weighted by atomic mass is 35.5. The van der Waals surface area contributed by atoms with Crippen LogP contribution < -0.4 is 0 Å². The van der Waals surface area contributed by atoms with E-state index in [0.29, 0.717) is 12.1 Å². The van der Waals surface area contributed by atoms with E-state index in [4.69, 9.17) is 16.3 Å². The Bertz CT molecular complexity index is 939. The molecule has 1 heterocycles. The summed E-state index contributed by atoms with van der Waals surface area (Å²) in [7, 11) is 0. The number of carbonyl (C=O) groups excluding carboxylic acids is 1. The highest BCUT2D eigenvalue weighted by molar-refractivity contribution is 7.99. The van der Waals surface area contributed by atoms with Crippen molar-refractivity contribution in [2.45, 2.75) is 30.1 Å². The van der Waals surface area contributed by atoms with Crippen molar-refractivity contribution >= 4 is 40.2 Å². The van der Waals surface area contributed by atoms with Gasteiger partial charge in [-0.25, -0.2) is 4.39 Å². The van der Waals surface area contributed by atoms with E-state index in [0.717, 1.165) is 26.4 Å². The number of aromatic nitrogens is 1. The van der Waals surface area contributed by atoms with Gasteiger partial charge in [-0.1, -0.05) is 35.5 Å². The maximum absolute atomic E-state index is 14.2. The Kier molecular flexibility index (Phi) is 5.35. The third-order valence-electron chi connectivity index (χ3n) is 3.76. The van der Waals surface area contributed by atoms with E-state index in [9.17, 15) is 9.18 Å². The van der Waals surface area contributed by atoms with E-state index in [1.54, 1.807) is 13.0 Å². The van der Waals surface area contributed by atoms with Gasteiger partial charge < -0.3 is 9.72 Å². The number of H-pyrrole nitrogens is 1. The fourth-order valence-corrected chi connectivity index (χ4v) is 3.89. The summed E-state index contributed by atoms with van der Waals surface area (Å²) in [4.78, 5) is 16.6. The number of nitrogens with one attached hydrogen (secondary N) is 1. The molecule has 1 N–H and O–H groups in total. The third kappa shape index (κ3) is 3.83. The smallest absolute Gasteiger partial charge is 0.310 e. The highest BCUT2D eigenvalue weighted by Gasteiger charge is 2.15. The number of esters is 1. The Hall–Kier alpha value is -1.98. The van der Waals surface area contributed by atoms with Crippen molar-refractivity contribution in [3.05, 3.63) is 58.5 Å². The van der Waals surface area contributed by atoms with Crippen LogP contribution in [0.1, 0.15) is 18.2 Å². The summed E-state index contributed by atoms with van der Waals surface area (Å²) in [5.41, 5.74) is 2.17. The number of benzene rings is 2. The van der Waals surface area contributed by atoms with Gasteiger partial charge in [0, 0.05) is 20.9 Å². The van der Waals surface area contributed by atoms with E-state index < -0.39 is 5.82 Å². The summed E-state index contributed by atoms with van der Waals surface area (Å²) < 4.78 is 19.2. The molecule has 3 nitrogen and oxygen atoms in total. The first-order valence-corrected chi connectivity index (χ1v) is 9.07. The van der Waals surface area contributed by atoms with Crippen LogP contribution in [0.15, 0.2) is 46.2 Å². The van der Waals surface area contributed by atoms with E-state index >= 15 is 0 Å². The molecule has 0 spiro atoms. The Labute approximate surface area is 154 Å². The van der Waals surface area contributed by atoms with Crippen molar-refractivity contribution in [2.75, 3.05) is 6.61 Å². The summed E-state index contributed by atoms with van der Waals surface area (Å²) in [6.07, 6.45) is 0.235. The lowest BCUT2D eigenvalue weighted by Crippen LogP contribution is -2.07. The molecule has 0 radical (unpaired) electrons. The van der Waals surface area contributed by atoms with Crippen LogP contribution in [0.5, 0.6) is 0 Å². The van der Waals surface area contributed by atoms with Gasteiger partial charge in [-0.3, -0.25) is 4.79 Å². The lowest BCUT2D eigenvalue weighted by atomic mass is 10.1. The third-order valence-corrected chi connectivity index (χ3v) is 5.28. The number of carbonyl (C=O) groups is 1. The first-order valence-electron chi connectivity index (χ1n) is 7.88. The largest absolute Gasteiger partial charge is 0.466 e. The fraction of sp³-hybridized carbons (Fsp3) is 0.211. The molecule has 0 fully saturated rings. The molecule has 0 bridgehead atoms. The van der Waals surface area contributed by atoms with Crippen molar-refractivity contribution in [3.8, 4) is 0 Å². The van der Waals surface area contributed by atoms with Gasteiger partial charge in [0.15, 0.2) is 5.82 Å². The number of halogens is 2. The molecule has 3 aromatic rings. The summed E-state index contributed by atoms with van der Waals surface area (Å²) in [6, 6.07) is 11.1. The predicted octanol–water partition coefficient (Wildman–Crippen LogP) is 5.53. The minimum absolute atomic E-state index is 0.0988. The van der Waals surface area contributed by atoms with E-state index in [1.165, 1.54) is 11.8 Å². The summed E-state index contributed by atoms with van der Waals surface area (Å²) >= 11 is 7.39. The van der Waals surface area contributed by atoms with Gasteiger partial charge >= 0.3 is 5.97 Å². The molecule has 0 aliphatic heterocycles. The van der Waals surface area contributed by atoms with Gasteiger partial charge in [0.25, 0.3) is 0 Å². The second-order valence-electron chi connectivity index (χ2n) is 5.59. The second-order valence-corrected chi connectivity index (χ2v) is 7.09. The molecule has 25 heavy (non-hydrogen) atoms. The molecule has 3 rings (SSSR count). The van der Waals surface area contributed by atoms with Crippen molar-refractivity contribution < 1.29 is 13.9 Å². The van der Waals surface area contributed by atoms with Crippen molar-refractivity contribution in [3.63, 3.8) is 0 Å². The number of hydrogen-bond donors (Lipinski definition) is 1. The Morgan fingerprint density at radius 2 is 2.12 bits per heavy atom. The predicted molar refractivity (Wildman–Crippen MR) is 98.9 cm³/mol. The first-order chi connectivity index (χ1) is 12.0. The molecule has 0 unspecified atom stereocenters. The molecule has 0 amide bonds. The molecule has 0 saturated heterocycles. The maximum Gasteiger partial charge on any atom is 0.310 e. The minimum Gasteiger partial charge on any atom is -0.466 e. The average Bonchev–Trinajstić information content (AvgIpc) is 2.88. The van der Waals surface area contributed by atoms with Crippen LogP contribution in [0.25, 0.3) is 10.9 Å². The Morgan fingerprint density at radius 3 is 2.88 bits per heavy atom. The number of fused-ring (bicyclic) bond motifs is 1. The number of aryl methyl sites for hydroxylation is 1. The molecule has 0 saturated carbocycles. The monoisotopic (exact) mass is 377 g/mol. The van der Waals surface area contributed by atoms with E-state index in [2.05, 4.69) is 4.98 Å². The standard InChI is InChI=1S/C19H17ClFNO2S/c1-3-24-16(23)10-12-5-4-6-13(9-12)25-19-11(2)22-18-14(19)7-8-15(20)17(18)21/h4-9,22H,3,10H2,1-2H3. The van der Waals surface area contributed by atoms with Crippen LogP contribution in [0.2, 0.25) is 5.02 Å². The molecular weight excluding hydrogens is 361 g/mol. The second kappa shape index (κ2) is 7.50. The molecule has 0 aliphatic rings. The van der Waals surface area contributed by atoms with Crippen LogP contribution in [-0.4, -0.2) is 17.6 Å². The zero-order chi connectivity index (χ0) is 18.0. The van der Waals surface area contributed by atoms with Crippen molar-refractivity contribution in [1.29, 1.82) is 0 Å². The lowest BCUT2D eigenvalue weighted by molar-refractivity contribution is -0.142. The highest BCUT2D eigenvalue weighted by Crippen LogP contribution is 2.38. The Balaban J connectivity index is 1.90. The molecule has 6 heteroatoms. The van der Waals surface area contributed by atoms with Crippen LogP contribution in [0.4, 0.5) is 4.39 Å². The summed E-state index contributed by atoms with van der Waals surface area (Å²) in [6.45, 7) is 4.06. The van der Waals surface area contributed by atoms with E-state index in [-0.39, 0.29) is 17.4 Å².